The van der Waals surface area contributed by atoms with E-state index < -0.39 is 0 Å². The van der Waals surface area contributed by atoms with Crippen LogP contribution in [0.25, 0.3) is 93.6 Å². The van der Waals surface area contributed by atoms with Gasteiger partial charge in [0.15, 0.2) is 5.58 Å². The number of rotatable bonds is 3. The highest BCUT2D eigenvalue weighted by atomic mass is 16.3. The Balaban J connectivity index is 1.15. The van der Waals surface area contributed by atoms with Crippen LogP contribution in [-0.2, 0) is 0 Å². The summed E-state index contributed by atoms with van der Waals surface area (Å²) in [6, 6.07) is 53.6. The number of fused-ring (bicyclic) bond motifs is 10. The quantitative estimate of drug-likeness (QED) is 0.210. The van der Waals surface area contributed by atoms with Gasteiger partial charge in [-0.2, -0.15) is 0 Å². The van der Waals surface area contributed by atoms with Crippen LogP contribution in [0.3, 0.4) is 0 Å². The van der Waals surface area contributed by atoms with Crippen molar-refractivity contribution >= 4 is 65.7 Å². The van der Waals surface area contributed by atoms with Gasteiger partial charge in [0.1, 0.15) is 16.7 Å². The Morgan fingerprint density at radius 1 is 0.400 bits per heavy atom. The van der Waals surface area contributed by atoms with Crippen LogP contribution in [0.2, 0.25) is 0 Å². The second kappa shape index (κ2) is 9.22. The lowest BCUT2D eigenvalue weighted by Crippen LogP contribution is -1.94. The van der Waals surface area contributed by atoms with E-state index in [2.05, 4.69) is 144 Å². The fourth-order valence-corrected chi connectivity index (χ4v) is 7.17. The van der Waals surface area contributed by atoms with Crippen LogP contribution < -0.4 is 0 Å². The van der Waals surface area contributed by atoms with Crippen molar-refractivity contribution in [2.45, 2.75) is 0 Å². The summed E-state index contributed by atoms with van der Waals surface area (Å²) in [5.74, 6) is 0. The van der Waals surface area contributed by atoms with Crippen molar-refractivity contribution in [3.05, 3.63) is 152 Å². The van der Waals surface area contributed by atoms with E-state index in [1.165, 1.54) is 21.9 Å². The van der Waals surface area contributed by atoms with Gasteiger partial charge < -0.3 is 13.4 Å². The number of aromatic nitrogens is 1. The standard InChI is InChI=1S/C42H25NO2/c1-2-9-27(10-3-1)30-13-8-16-39-40(30)35-25-28(19-24-38(35)44-39)26-17-20-29(21-18-26)43-36-14-6-4-11-31(36)33-22-23-34-32-12-5-7-15-37(32)45-42(34)41(33)43/h1-25H. The van der Waals surface area contributed by atoms with Crippen molar-refractivity contribution < 1.29 is 8.83 Å². The third-order valence-corrected chi connectivity index (χ3v) is 9.22. The molecule has 0 atom stereocenters. The average molecular weight is 576 g/mol. The van der Waals surface area contributed by atoms with Crippen LogP contribution in [0.5, 0.6) is 0 Å². The van der Waals surface area contributed by atoms with Gasteiger partial charge in [0, 0.05) is 38.0 Å². The maximum absolute atomic E-state index is 6.53. The lowest BCUT2D eigenvalue weighted by molar-refractivity contribution is 0.669. The zero-order chi connectivity index (χ0) is 29.5. The third-order valence-electron chi connectivity index (χ3n) is 9.22. The number of hydrogen-bond donors (Lipinski definition) is 0. The minimum atomic E-state index is 0.897. The molecule has 0 fully saturated rings. The van der Waals surface area contributed by atoms with Crippen molar-refractivity contribution in [2.24, 2.45) is 0 Å². The van der Waals surface area contributed by atoms with Crippen LogP contribution in [0.15, 0.2) is 160 Å². The van der Waals surface area contributed by atoms with E-state index in [0.717, 1.165) is 71.7 Å². The van der Waals surface area contributed by atoms with Gasteiger partial charge in [0.05, 0.1) is 11.0 Å². The summed E-state index contributed by atoms with van der Waals surface area (Å²) in [5, 5.41) is 6.95. The lowest BCUT2D eigenvalue weighted by atomic mass is 9.97. The molecule has 0 unspecified atom stereocenters. The topological polar surface area (TPSA) is 31.2 Å². The molecule has 3 heteroatoms. The minimum absolute atomic E-state index is 0.897. The van der Waals surface area contributed by atoms with Crippen LogP contribution in [0.4, 0.5) is 0 Å². The van der Waals surface area contributed by atoms with Gasteiger partial charge in [0.2, 0.25) is 0 Å². The van der Waals surface area contributed by atoms with Crippen molar-refractivity contribution in [2.75, 3.05) is 0 Å². The first-order chi connectivity index (χ1) is 22.3. The minimum Gasteiger partial charge on any atom is -0.456 e. The molecule has 3 aromatic heterocycles. The van der Waals surface area contributed by atoms with Gasteiger partial charge in [-0.05, 0) is 70.8 Å². The van der Waals surface area contributed by atoms with E-state index in [0.29, 0.717) is 0 Å². The summed E-state index contributed by atoms with van der Waals surface area (Å²) < 4.78 is 15.2. The van der Waals surface area contributed by atoms with Crippen molar-refractivity contribution in [3.63, 3.8) is 0 Å². The Morgan fingerprint density at radius 3 is 2.00 bits per heavy atom. The van der Waals surface area contributed by atoms with Crippen molar-refractivity contribution in [1.29, 1.82) is 0 Å². The molecule has 0 radical (unpaired) electrons. The normalized spacial score (nSPS) is 12.0. The maximum atomic E-state index is 6.53. The molecule has 3 nitrogen and oxygen atoms in total. The molecule has 0 amide bonds. The molecule has 10 rings (SSSR count). The van der Waals surface area contributed by atoms with E-state index in [1.807, 2.05) is 12.1 Å². The first kappa shape index (κ1) is 24.4. The second-order valence-electron chi connectivity index (χ2n) is 11.7. The summed E-state index contributed by atoms with van der Waals surface area (Å²) in [4.78, 5) is 0. The van der Waals surface area contributed by atoms with Gasteiger partial charge in [-0.3, -0.25) is 0 Å². The molecule has 10 aromatic rings. The van der Waals surface area contributed by atoms with E-state index in [9.17, 15) is 0 Å². The summed E-state index contributed by atoms with van der Waals surface area (Å²) in [6.45, 7) is 0. The fourth-order valence-electron chi connectivity index (χ4n) is 7.17. The summed E-state index contributed by atoms with van der Waals surface area (Å²) in [5.41, 5.74) is 11.7. The molecule has 0 aliphatic carbocycles. The van der Waals surface area contributed by atoms with Gasteiger partial charge >= 0.3 is 0 Å². The molecular formula is C42H25NO2. The molecule has 7 aromatic carbocycles. The van der Waals surface area contributed by atoms with E-state index in [1.54, 1.807) is 0 Å². The highest BCUT2D eigenvalue weighted by molar-refractivity contribution is 6.21. The molecular weight excluding hydrogens is 550 g/mol. The van der Waals surface area contributed by atoms with Gasteiger partial charge in [-0.1, -0.05) is 103 Å². The molecule has 0 aliphatic heterocycles. The van der Waals surface area contributed by atoms with E-state index in [4.69, 9.17) is 8.83 Å². The Labute approximate surface area is 258 Å². The lowest BCUT2D eigenvalue weighted by Gasteiger charge is -2.10. The molecule has 0 bridgehead atoms. The monoisotopic (exact) mass is 575 g/mol. The zero-order valence-electron chi connectivity index (χ0n) is 24.2. The number of hydrogen-bond acceptors (Lipinski definition) is 2. The molecule has 0 spiro atoms. The highest BCUT2D eigenvalue weighted by Crippen LogP contribution is 2.41. The zero-order valence-corrected chi connectivity index (χ0v) is 24.2. The third kappa shape index (κ3) is 3.52. The highest BCUT2D eigenvalue weighted by Gasteiger charge is 2.19. The summed E-state index contributed by atoms with van der Waals surface area (Å²) >= 11 is 0. The second-order valence-corrected chi connectivity index (χ2v) is 11.7. The molecule has 0 aliphatic rings. The predicted octanol–water partition coefficient (Wildman–Crippen LogP) is 11.9. The molecule has 0 saturated heterocycles. The molecule has 0 saturated carbocycles. The number of nitrogens with zero attached hydrogens (tertiary/aromatic N) is 1. The van der Waals surface area contributed by atoms with Crippen molar-refractivity contribution in [3.8, 4) is 27.9 Å². The molecule has 45 heavy (non-hydrogen) atoms. The number of para-hydroxylation sites is 2. The van der Waals surface area contributed by atoms with Gasteiger partial charge in [0.25, 0.3) is 0 Å². The van der Waals surface area contributed by atoms with Crippen LogP contribution in [-0.4, -0.2) is 4.57 Å². The molecule has 0 N–H and O–H groups in total. The van der Waals surface area contributed by atoms with E-state index >= 15 is 0 Å². The van der Waals surface area contributed by atoms with E-state index in [-0.39, 0.29) is 0 Å². The Hall–Kier alpha value is -6.06. The van der Waals surface area contributed by atoms with Gasteiger partial charge in [-0.15, -0.1) is 0 Å². The SMILES string of the molecule is c1ccc(-c2cccc3oc4ccc(-c5ccc(-n6c7ccccc7c7ccc8c9ccccc9oc8c76)cc5)cc4c23)cc1. The van der Waals surface area contributed by atoms with Gasteiger partial charge in [-0.25, -0.2) is 0 Å². The Morgan fingerprint density at radius 2 is 1.11 bits per heavy atom. The van der Waals surface area contributed by atoms with Crippen LogP contribution in [0, 0.1) is 0 Å². The van der Waals surface area contributed by atoms with Crippen LogP contribution in [0.1, 0.15) is 0 Å². The predicted molar refractivity (Wildman–Crippen MR) is 186 cm³/mol. The largest absolute Gasteiger partial charge is 0.456 e. The fraction of sp³-hybridized carbons (Fsp3) is 0. The number of furan rings is 2. The molecule has 3 heterocycles. The molecule has 210 valence electrons. The smallest absolute Gasteiger partial charge is 0.160 e. The summed E-state index contributed by atoms with van der Waals surface area (Å²) in [7, 11) is 0. The Kier molecular flexibility index (Phi) is 5.00. The first-order valence-corrected chi connectivity index (χ1v) is 15.3. The summed E-state index contributed by atoms with van der Waals surface area (Å²) in [6.07, 6.45) is 0. The van der Waals surface area contributed by atoms with Crippen LogP contribution >= 0.6 is 0 Å². The Bertz CT molecular complexity index is 2740. The average Bonchev–Trinajstić information content (AvgIpc) is 3.78. The first-order valence-electron chi connectivity index (χ1n) is 15.3. The number of benzene rings is 7. The van der Waals surface area contributed by atoms with Crippen molar-refractivity contribution in [1.82, 2.24) is 4.57 Å². The maximum Gasteiger partial charge on any atom is 0.160 e.